The van der Waals surface area contributed by atoms with Crippen molar-refractivity contribution in [3.05, 3.63) is 47.2 Å². The van der Waals surface area contributed by atoms with Crippen molar-refractivity contribution >= 4 is 32.7 Å². The number of fused-ring (bicyclic) bond motifs is 1. The number of aryl methyl sites for hydroxylation is 2. The van der Waals surface area contributed by atoms with E-state index >= 15 is 0 Å². The molecule has 0 saturated heterocycles. The summed E-state index contributed by atoms with van der Waals surface area (Å²) in [6.45, 7) is 3.85. The van der Waals surface area contributed by atoms with E-state index in [2.05, 4.69) is 9.71 Å². The van der Waals surface area contributed by atoms with Crippen molar-refractivity contribution in [3.63, 3.8) is 0 Å². The first kappa shape index (κ1) is 13.1. The Morgan fingerprint density at radius 1 is 1.25 bits per heavy atom. The molecule has 20 heavy (non-hydrogen) atoms. The van der Waals surface area contributed by atoms with Gasteiger partial charge in [0.05, 0.1) is 11.4 Å². The van der Waals surface area contributed by atoms with Crippen molar-refractivity contribution in [2.45, 2.75) is 18.1 Å². The number of anilines is 1. The molecule has 0 radical (unpaired) electrons. The van der Waals surface area contributed by atoms with E-state index in [-0.39, 0.29) is 0 Å². The third-order valence-corrected chi connectivity index (χ3v) is 5.89. The fraction of sp³-hybridized carbons (Fsp3) is 0.154. The maximum absolute atomic E-state index is 12.3. The van der Waals surface area contributed by atoms with E-state index in [1.54, 1.807) is 29.6 Å². The highest BCUT2D eigenvalue weighted by Gasteiger charge is 2.18. The first-order valence-corrected chi connectivity index (χ1v) is 8.36. The molecule has 0 aliphatic heterocycles. The Labute approximate surface area is 121 Å². The molecular weight excluding hydrogens is 294 g/mol. The molecule has 0 aromatic carbocycles. The number of pyridine rings is 1. The van der Waals surface area contributed by atoms with Gasteiger partial charge in [-0.15, -0.1) is 11.3 Å². The summed E-state index contributed by atoms with van der Waals surface area (Å²) < 4.78 is 29.3. The number of imidazole rings is 1. The zero-order valence-corrected chi connectivity index (χ0v) is 12.6. The summed E-state index contributed by atoms with van der Waals surface area (Å²) in [5.41, 5.74) is 2.98. The van der Waals surface area contributed by atoms with Crippen LogP contribution in [-0.2, 0) is 10.0 Å². The van der Waals surface area contributed by atoms with E-state index in [1.807, 2.05) is 24.4 Å². The zero-order valence-electron chi connectivity index (χ0n) is 11.0. The number of nitrogens with zero attached hydrogens (tertiary/aromatic N) is 2. The molecule has 0 unspecified atom stereocenters. The predicted molar refractivity (Wildman–Crippen MR) is 79.8 cm³/mol. The normalized spacial score (nSPS) is 11.9. The minimum absolute atomic E-state index is 0.291. The molecule has 0 spiro atoms. The lowest BCUT2D eigenvalue weighted by molar-refractivity contribution is 0.603. The Hall–Kier alpha value is -1.86. The lowest BCUT2D eigenvalue weighted by atomic mass is 10.4. The van der Waals surface area contributed by atoms with Gasteiger partial charge in [-0.25, -0.2) is 13.4 Å². The van der Waals surface area contributed by atoms with Crippen LogP contribution >= 0.6 is 11.3 Å². The highest BCUT2D eigenvalue weighted by molar-refractivity contribution is 7.94. The minimum atomic E-state index is -3.55. The van der Waals surface area contributed by atoms with Gasteiger partial charge in [0.1, 0.15) is 4.21 Å². The fourth-order valence-corrected chi connectivity index (χ4v) is 4.04. The molecule has 7 heteroatoms. The van der Waals surface area contributed by atoms with Crippen molar-refractivity contribution in [2.24, 2.45) is 0 Å². The first-order chi connectivity index (χ1) is 9.49. The molecule has 3 heterocycles. The number of hydrogen-bond acceptors (Lipinski definition) is 4. The van der Waals surface area contributed by atoms with E-state index in [4.69, 9.17) is 0 Å². The molecule has 3 aromatic rings. The van der Waals surface area contributed by atoms with Gasteiger partial charge in [-0.2, -0.15) is 0 Å². The molecular formula is C13H13N3O2S2. The summed E-state index contributed by atoms with van der Waals surface area (Å²) in [5, 5.41) is 1.74. The molecule has 0 atom stereocenters. The third kappa shape index (κ3) is 2.08. The van der Waals surface area contributed by atoms with Crippen LogP contribution in [0.4, 0.5) is 5.69 Å². The Kier molecular flexibility index (Phi) is 3.02. The molecule has 3 rings (SSSR count). The van der Waals surface area contributed by atoms with Crippen LogP contribution in [0, 0.1) is 13.8 Å². The van der Waals surface area contributed by atoms with E-state index < -0.39 is 10.0 Å². The van der Waals surface area contributed by atoms with Gasteiger partial charge in [-0.1, -0.05) is 6.07 Å². The Bertz CT molecular complexity index is 865. The van der Waals surface area contributed by atoms with Crippen molar-refractivity contribution in [1.82, 2.24) is 9.38 Å². The lowest BCUT2D eigenvalue weighted by Gasteiger charge is -2.07. The van der Waals surface area contributed by atoms with Gasteiger partial charge in [0, 0.05) is 11.9 Å². The van der Waals surface area contributed by atoms with E-state index in [0.29, 0.717) is 15.5 Å². The average molecular weight is 307 g/mol. The maximum atomic E-state index is 12.3. The molecule has 104 valence electrons. The molecule has 0 aliphatic carbocycles. The second kappa shape index (κ2) is 4.60. The SMILES string of the molecule is Cc1nc2c(NS(=O)(=O)c3cccs3)cccn2c1C. The van der Waals surface area contributed by atoms with Crippen LogP contribution in [0.2, 0.25) is 0 Å². The van der Waals surface area contributed by atoms with Crippen LogP contribution in [0.25, 0.3) is 5.65 Å². The van der Waals surface area contributed by atoms with Crippen LogP contribution < -0.4 is 4.72 Å². The number of rotatable bonds is 3. The van der Waals surface area contributed by atoms with Crippen molar-refractivity contribution < 1.29 is 8.42 Å². The quantitative estimate of drug-likeness (QED) is 0.809. The average Bonchev–Trinajstić information content (AvgIpc) is 3.01. The van der Waals surface area contributed by atoms with Crippen LogP contribution in [0.3, 0.4) is 0 Å². The highest BCUT2D eigenvalue weighted by atomic mass is 32.2. The molecule has 0 fully saturated rings. The zero-order chi connectivity index (χ0) is 14.3. The van der Waals surface area contributed by atoms with Gasteiger partial charge in [-0.3, -0.25) is 4.72 Å². The molecule has 1 N–H and O–H groups in total. The molecule has 5 nitrogen and oxygen atoms in total. The highest BCUT2D eigenvalue weighted by Crippen LogP contribution is 2.24. The van der Waals surface area contributed by atoms with Gasteiger partial charge >= 0.3 is 0 Å². The van der Waals surface area contributed by atoms with Crippen molar-refractivity contribution in [3.8, 4) is 0 Å². The van der Waals surface area contributed by atoms with Gasteiger partial charge in [0.2, 0.25) is 0 Å². The minimum Gasteiger partial charge on any atom is -0.302 e. The van der Waals surface area contributed by atoms with Crippen LogP contribution in [-0.4, -0.2) is 17.8 Å². The number of aromatic nitrogens is 2. The first-order valence-electron chi connectivity index (χ1n) is 5.99. The number of hydrogen-bond donors (Lipinski definition) is 1. The Balaban J connectivity index is 2.10. The summed E-state index contributed by atoms with van der Waals surface area (Å²) in [7, 11) is -3.55. The van der Waals surface area contributed by atoms with Gasteiger partial charge in [0.15, 0.2) is 5.65 Å². The molecule has 3 aromatic heterocycles. The topological polar surface area (TPSA) is 63.5 Å². The third-order valence-electron chi connectivity index (χ3n) is 3.13. The molecule has 0 bridgehead atoms. The monoisotopic (exact) mass is 307 g/mol. The number of sulfonamides is 1. The summed E-state index contributed by atoms with van der Waals surface area (Å²) in [6, 6.07) is 6.80. The molecule has 0 aliphatic rings. The maximum Gasteiger partial charge on any atom is 0.271 e. The van der Waals surface area contributed by atoms with Gasteiger partial charge in [-0.05, 0) is 37.4 Å². The Morgan fingerprint density at radius 3 is 2.75 bits per heavy atom. The summed E-state index contributed by atoms with van der Waals surface area (Å²) >= 11 is 1.19. The second-order valence-corrected chi connectivity index (χ2v) is 7.29. The lowest BCUT2D eigenvalue weighted by Crippen LogP contribution is -2.12. The van der Waals surface area contributed by atoms with E-state index in [0.717, 1.165) is 11.4 Å². The Morgan fingerprint density at radius 2 is 2.05 bits per heavy atom. The predicted octanol–water partition coefficient (Wildman–Crippen LogP) is 2.81. The van der Waals surface area contributed by atoms with Crippen molar-refractivity contribution in [1.29, 1.82) is 0 Å². The van der Waals surface area contributed by atoms with Crippen LogP contribution in [0.15, 0.2) is 40.1 Å². The summed E-state index contributed by atoms with van der Waals surface area (Å²) in [5.74, 6) is 0. The smallest absolute Gasteiger partial charge is 0.271 e. The van der Waals surface area contributed by atoms with Crippen LogP contribution in [0.5, 0.6) is 0 Å². The second-order valence-electron chi connectivity index (χ2n) is 4.44. The van der Waals surface area contributed by atoms with Gasteiger partial charge in [0.25, 0.3) is 10.0 Å². The number of thiophene rings is 1. The van der Waals surface area contributed by atoms with E-state index in [1.165, 1.54) is 11.3 Å². The standard InChI is InChI=1S/C13H13N3O2S2/c1-9-10(2)16-7-3-5-11(13(16)14-9)15-20(17,18)12-6-4-8-19-12/h3-8,15H,1-2H3. The van der Waals surface area contributed by atoms with Crippen LogP contribution in [0.1, 0.15) is 11.4 Å². The van der Waals surface area contributed by atoms with E-state index in [9.17, 15) is 8.42 Å². The fourth-order valence-electron chi connectivity index (χ4n) is 1.99. The number of nitrogens with one attached hydrogen (secondary N) is 1. The molecule has 0 amide bonds. The largest absolute Gasteiger partial charge is 0.302 e. The molecule has 0 saturated carbocycles. The van der Waals surface area contributed by atoms with Crippen molar-refractivity contribution in [2.75, 3.05) is 4.72 Å². The van der Waals surface area contributed by atoms with Gasteiger partial charge < -0.3 is 4.40 Å². The summed E-state index contributed by atoms with van der Waals surface area (Å²) in [4.78, 5) is 4.42. The summed E-state index contributed by atoms with van der Waals surface area (Å²) in [6.07, 6.45) is 1.87.